The Bertz CT molecular complexity index is 714. The van der Waals surface area contributed by atoms with Gasteiger partial charge in [0.1, 0.15) is 0 Å². The molecule has 2 aromatic rings. The maximum absolute atomic E-state index is 12.4. The Morgan fingerprint density at radius 1 is 1.15 bits per heavy atom. The first-order chi connectivity index (χ1) is 9.33. The van der Waals surface area contributed by atoms with Crippen LogP contribution in [0, 0.1) is 20.8 Å². The van der Waals surface area contributed by atoms with Crippen molar-refractivity contribution in [2.24, 2.45) is 0 Å². The highest BCUT2D eigenvalue weighted by atomic mass is 32.2. The molecule has 2 rings (SSSR count). The normalized spacial score (nSPS) is 11.4. The fraction of sp³-hybridized carbons (Fsp3) is 0.333. The van der Waals surface area contributed by atoms with Gasteiger partial charge in [0.15, 0.2) is 5.82 Å². The van der Waals surface area contributed by atoms with Crippen LogP contribution in [0.5, 0.6) is 0 Å². The number of hydrogen-bond acceptors (Lipinski definition) is 6. The zero-order chi connectivity index (χ0) is 14.9. The summed E-state index contributed by atoms with van der Waals surface area (Å²) in [4.78, 5) is 4.05. The first-order valence-corrected chi connectivity index (χ1v) is 7.44. The van der Waals surface area contributed by atoms with E-state index in [0.717, 1.165) is 5.69 Å². The van der Waals surface area contributed by atoms with Gasteiger partial charge in [0, 0.05) is 12.7 Å². The van der Waals surface area contributed by atoms with Gasteiger partial charge >= 0.3 is 6.01 Å². The highest BCUT2D eigenvalue weighted by Crippen LogP contribution is 2.25. The maximum atomic E-state index is 12.4. The molecular formula is C12H16N4O3S. The van der Waals surface area contributed by atoms with Crippen molar-refractivity contribution in [2.75, 3.05) is 17.1 Å². The SMILES string of the molecule is CNc1cc(C)c(S(=O)(=O)Nc2nc(C)no2)c(C)c1. The van der Waals surface area contributed by atoms with Crippen molar-refractivity contribution >= 4 is 21.7 Å². The van der Waals surface area contributed by atoms with E-state index >= 15 is 0 Å². The molecule has 0 unspecified atom stereocenters. The molecule has 1 aromatic carbocycles. The summed E-state index contributed by atoms with van der Waals surface area (Å²) in [7, 11) is -1.98. The Hall–Kier alpha value is -2.09. The van der Waals surface area contributed by atoms with Crippen LogP contribution in [0.3, 0.4) is 0 Å². The molecule has 0 amide bonds. The Labute approximate surface area is 117 Å². The van der Waals surface area contributed by atoms with Crippen LogP contribution in [-0.4, -0.2) is 25.6 Å². The molecule has 0 saturated carbocycles. The van der Waals surface area contributed by atoms with Gasteiger partial charge in [-0.05, 0) is 44.0 Å². The molecule has 0 radical (unpaired) electrons. The number of hydrogen-bond donors (Lipinski definition) is 2. The second kappa shape index (κ2) is 5.12. The van der Waals surface area contributed by atoms with E-state index in [9.17, 15) is 8.42 Å². The average Bonchev–Trinajstić information content (AvgIpc) is 2.72. The molecule has 20 heavy (non-hydrogen) atoms. The Morgan fingerprint density at radius 3 is 2.20 bits per heavy atom. The zero-order valence-corrected chi connectivity index (χ0v) is 12.5. The Kier molecular flexibility index (Phi) is 3.67. The molecule has 8 heteroatoms. The Balaban J connectivity index is 2.44. The first kappa shape index (κ1) is 14.3. The van der Waals surface area contributed by atoms with Gasteiger partial charge in [-0.15, -0.1) is 0 Å². The minimum Gasteiger partial charge on any atom is -0.388 e. The van der Waals surface area contributed by atoms with Crippen molar-refractivity contribution in [2.45, 2.75) is 25.7 Å². The van der Waals surface area contributed by atoms with Crippen LogP contribution in [0.2, 0.25) is 0 Å². The Morgan fingerprint density at radius 2 is 1.75 bits per heavy atom. The molecule has 0 spiro atoms. The third-order valence-corrected chi connectivity index (χ3v) is 4.39. The molecule has 0 saturated heterocycles. The van der Waals surface area contributed by atoms with Gasteiger partial charge in [-0.3, -0.25) is 0 Å². The second-order valence-corrected chi connectivity index (χ2v) is 6.06. The van der Waals surface area contributed by atoms with Crippen LogP contribution in [0.4, 0.5) is 11.7 Å². The standard InChI is InChI=1S/C12H16N4O3S/c1-7-5-10(13-4)6-8(2)11(7)20(17,18)16-12-14-9(3)15-19-12/h5-6,13H,1-4H3,(H,14,15,16). The number of anilines is 2. The summed E-state index contributed by atoms with van der Waals surface area (Å²) in [5.41, 5.74) is 2.13. The lowest BCUT2D eigenvalue weighted by Crippen LogP contribution is -2.16. The molecule has 0 aliphatic rings. The third kappa shape index (κ3) is 2.74. The van der Waals surface area contributed by atoms with Gasteiger partial charge in [-0.1, -0.05) is 5.16 Å². The third-order valence-electron chi connectivity index (χ3n) is 2.77. The summed E-state index contributed by atoms with van der Waals surface area (Å²) in [6.07, 6.45) is 0. The van der Waals surface area contributed by atoms with Crippen LogP contribution in [0.15, 0.2) is 21.6 Å². The number of benzene rings is 1. The number of rotatable bonds is 4. The van der Waals surface area contributed by atoms with Gasteiger partial charge in [0.05, 0.1) is 4.90 Å². The number of nitrogens with one attached hydrogen (secondary N) is 2. The van der Waals surface area contributed by atoms with E-state index in [4.69, 9.17) is 4.52 Å². The quantitative estimate of drug-likeness (QED) is 0.893. The van der Waals surface area contributed by atoms with Crippen molar-refractivity contribution in [3.63, 3.8) is 0 Å². The van der Waals surface area contributed by atoms with Crippen LogP contribution in [-0.2, 0) is 10.0 Å². The van der Waals surface area contributed by atoms with Gasteiger partial charge in [0.25, 0.3) is 10.0 Å². The molecule has 0 aliphatic carbocycles. The van der Waals surface area contributed by atoms with Gasteiger partial charge in [0.2, 0.25) is 0 Å². The summed E-state index contributed by atoms with van der Waals surface area (Å²) < 4.78 is 31.9. The smallest absolute Gasteiger partial charge is 0.335 e. The summed E-state index contributed by atoms with van der Waals surface area (Å²) in [5.74, 6) is 0.363. The molecule has 0 fully saturated rings. The molecule has 2 N–H and O–H groups in total. The molecular weight excluding hydrogens is 280 g/mol. The lowest BCUT2D eigenvalue weighted by molar-refractivity contribution is 0.429. The van der Waals surface area contributed by atoms with E-state index in [1.54, 1.807) is 40.0 Å². The summed E-state index contributed by atoms with van der Waals surface area (Å²) in [6.45, 7) is 5.09. The fourth-order valence-corrected chi connectivity index (χ4v) is 3.40. The number of aryl methyl sites for hydroxylation is 3. The topological polar surface area (TPSA) is 97.1 Å². The maximum Gasteiger partial charge on any atom is 0.335 e. The first-order valence-electron chi connectivity index (χ1n) is 5.95. The highest BCUT2D eigenvalue weighted by molar-refractivity contribution is 7.92. The molecule has 1 heterocycles. The predicted octanol–water partition coefficient (Wildman–Crippen LogP) is 1.84. The largest absolute Gasteiger partial charge is 0.388 e. The second-order valence-electron chi connectivity index (χ2n) is 4.44. The number of nitrogens with zero attached hydrogens (tertiary/aromatic N) is 2. The number of aromatic nitrogens is 2. The van der Waals surface area contributed by atoms with Gasteiger partial charge in [-0.2, -0.15) is 4.98 Å². The average molecular weight is 296 g/mol. The van der Waals surface area contributed by atoms with Crippen LogP contribution in [0.1, 0.15) is 17.0 Å². The zero-order valence-electron chi connectivity index (χ0n) is 11.7. The van der Waals surface area contributed by atoms with Crippen molar-refractivity contribution in [1.29, 1.82) is 0 Å². The molecule has 7 nitrogen and oxygen atoms in total. The lowest BCUT2D eigenvalue weighted by atomic mass is 10.1. The fourth-order valence-electron chi connectivity index (χ4n) is 2.02. The van der Waals surface area contributed by atoms with E-state index in [1.165, 1.54) is 0 Å². The number of sulfonamides is 1. The van der Waals surface area contributed by atoms with Gasteiger partial charge in [-0.25, -0.2) is 13.1 Å². The van der Waals surface area contributed by atoms with Crippen molar-refractivity contribution < 1.29 is 12.9 Å². The minimum absolute atomic E-state index is 0.140. The summed E-state index contributed by atoms with van der Waals surface area (Å²) in [5, 5.41) is 6.53. The highest BCUT2D eigenvalue weighted by Gasteiger charge is 2.22. The summed E-state index contributed by atoms with van der Waals surface area (Å²) >= 11 is 0. The van der Waals surface area contributed by atoms with Crippen LogP contribution < -0.4 is 10.0 Å². The minimum atomic E-state index is -3.76. The molecule has 0 bridgehead atoms. The van der Waals surface area contributed by atoms with E-state index in [-0.39, 0.29) is 10.9 Å². The van der Waals surface area contributed by atoms with E-state index in [2.05, 4.69) is 20.2 Å². The van der Waals surface area contributed by atoms with Gasteiger partial charge < -0.3 is 9.84 Å². The van der Waals surface area contributed by atoms with E-state index in [1.807, 2.05) is 0 Å². The van der Waals surface area contributed by atoms with Crippen LogP contribution >= 0.6 is 0 Å². The van der Waals surface area contributed by atoms with E-state index in [0.29, 0.717) is 17.0 Å². The van der Waals surface area contributed by atoms with Crippen molar-refractivity contribution in [3.8, 4) is 0 Å². The summed E-state index contributed by atoms with van der Waals surface area (Å²) in [6, 6.07) is 3.39. The molecule has 0 atom stereocenters. The van der Waals surface area contributed by atoms with Crippen molar-refractivity contribution in [3.05, 3.63) is 29.1 Å². The molecule has 108 valence electrons. The van der Waals surface area contributed by atoms with E-state index < -0.39 is 10.0 Å². The monoisotopic (exact) mass is 296 g/mol. The van der Waals surface area contributed by atoms with Crippen molar-refractivity contribution in [1.82, 2.24) is 10.1 Å². The lowest BCUT2D eigenvalue weighted by Gasteiger charge is -2.12. The van der Waals surface area contributed by atoms with Crippen LogP contribution in [0.25, 0.3) is 0 Å². The molecule has 1 aromatic heterocycles. The predicted molar refractivity (Wildman–Crippen MR) is 75.3 cm³/mol. The molecule has 0 aliphatic heterocycles.